The molecule has 1 aromatic carbocycles. The predicted octanol–water partition coefficient (Wildman–Crippen LogP) is 4.05. The van der Waals surface area contributed by atoms with Crippen LogP contribution in [0.5, 0.6) is 0 Å². The van der Waals surface area contributed by atoms with Crippen LogP contribution >= 0.6 is 23.2 Å². The van der Waals surface area contributed by atoms with Gasteiger partial charge in [-0.05, 0) is 44.5 Å². The fraction of sp³-hybridized carbons (Fsp3) is 0.333. The number of hydrogen-bond donors (Lipinski definition) is 1. The molecule has 0 radical (unpaired) electrons. The summed E-state index contributed by atoms with van der Waals surface area (Å²) >= 11 is 12.0. The van der Waals surface area contributed by atoms with Gasteiger partial charge in [-0.1, -0.05) is 23.2 Å². The monoisotopic (exact) mass is 307 g/mol. The fourth-order valence-corrected chi connectivity index (χ4v) is 2.92. The zero-order valence-corrected chi connectivity index (χ0v) is 12.7. The second-order valence-corrected chi connectivity index (χ2v) is 5.77. The van der Waals surface area contributed by atoms with E-state index < -0.39 is 0 Å². The number of rotatable bonds is 2. The minimum atomic E-state index is 0.363. The van der Waals surface area contributed by atoms with Crippen LogP contribution in [0.15, 0.2) is 24.4 Å². The molecular formula is C15H15Cl2N3. The van der Waals surface area contributed by atoms with Crippen LogP contribution in [0.1, 0.15) is 30.1 Å². The third-order valence-corrected chi connectivity index (χ3v) is 4.45. The maximum Gasteiger partial charge on any atom is 0.159 e. The highest BCUT2D eigenvalue weighted by molar-refractivity contribution is 6.42. The SMILES string of the molecule is CNC1CCCc2nc(-c3ccc(Cl)c(Cl)c3)ncc21. The summed E-state index contributed by atoms with van der Waals surface area (Å²) in [5.41, 5.74) is 3.24. The van der Waals surface area contributed by atoms with E-state index in [0.29, 0.717) is 21.9 Å². The molecule has 1 aliphatic carbocycles. The molecular weight excluding hydrogens is 293 g/mol. The summed E-state index contributed by atoms with van der Waals surface area (Å²) in [4.78, 5) is 9.18. The first kappa shape index (κ1) is 13.8. The Balaban J connectivity index is 2.01. The Kier molecular flexibility index (Phi) is 3.92. The van der Waals surface area contributed by atoms with Gasteiger partial charge in [-0.25, -0.2) is 9.97 Å². The molecule has 104 valence electrons. The molecule has 1 N–H and O–H groups in total. The molecule has 1 heterocycles. The highest BCUT2D eigenvalue weighted by atomic mass is 35.5. The number of hydrogen-bond acceptors (Lipinski definition) is 3. The van der Waals surface area contributed by atoms with E-state index in [-0.39, 0.29) is 0 Å². The van der Waals surface area contributed by atoms with Crippen LogP contribution in [0, 0.1) is 0 Å². The van der Waals surface area contributed by atoms with E-state index >= 15 is 0 Å². The highest BCUT2D eigenvalue weighted by Gasteiger charge is 2.21. The van der Waals surface area contributed by atoms with Gasteiger partial charge in [0.1, 0.15) is 0 Å². The Morgan fingerprint density at radius 1 is 1.25 bits per heavy atom. The van der Waals surface area contributed by atoms with Gasteiger partial charge in [0.15, 0.2) is 5.82 Å². The molecule has 0 amide bonds. The van der Waals surface area contributed by atoms with Crippen LogP contribution in [-0.2, 0) is 6.42 Å². The lowest BCUT2D eigenvalue weighted by atomic mass is 9.92. The van der Waals surface area contributed by atoms with E-state index in [1.165, 1.54) is 5.56 Å². The summed E-state index contributed by atoms with van der Waals surface area (Å²) in [6, 6.07) is 5.85. The minimum Gasteiger partial charge on any atom is -0.313 e. The molecule has 0 fully saturated rings. The van der Waals surface area contributed by atoms with Crippen LogP contribution in [0.25, 0.3) is 11.4 Å². The Morgan fingerprint density at radius 3 is 2.85 bits per heavy atom. The smallest absolute Gasteiger partial charge is 0.159 e. The Labute approximate surface area is 128 Å². The van der Waals surface area contributed by atoms with E-state index in [0.717, 1.165) is 30.5 Å². The Hall–Kier alpha value is -1.16. The zero-order chi connectivity index (χ0) is 14.1. The van der Waals surface area contributed by atoms with Crippen LogP contribution in [0.2, 0.25) is 10.0 Å². The van der Waals surface area contributed by atoms with Crippen molar-refractivity contribution < 1.29 is 0 Å². The molecule has 1 atom stereocenters. The third kappa shape index (κ3) is 2.53. The van der Waals surface area contributed by atoms with Crippen molar-refractivity contribution in [2.75, 3.05) is 7.05 Å². The van der Waals surface area contributed by atoms with Crippen LogP contribution in [0.3, 0.4) is 0 Å². The van der Waals surface area contributed by atoms with Crippen LogP contribution < -0.4 is 5.32 Å². The molecule has 0 saturated carbocycles. The second kappa shape index (κ2) is 5.68. The number of nitrogens with one attached hydrogen (secondary N) is 1. The maximum atomic E-state index is 6.06. The van der Waals surface area contributed by atoms with Crippen molar-refractivity contribution in [3.63, 3.8) is 0 Å². The molecule has 5 heteroatoms. The minimum absolute atomic E-state index is 0.363. The van der Waals surface area contributed by atoms with E-state index in [1.54, 1.807) is 6.07 Å². The number of benzene rings is 1. The lowest BCUT2D eigenvalue weighted by Gasteiger charge is -2.24. The molecule has 20 heavy (non-hydrogen) atoms. The largest absolute Gasteiger partial charge is 0.313 e. The van der Waals surface area contributed by atoms with Crippen molar-refractivity contribution in [3.05, 3.63) is 45.7 Å². The van der Waals surface area contributed by atoms with Gasteiger partial charge >= 0.3 is 0 Å². The van der Waals surface area contributed by atoms with Gasteiger partial charge in [0.25, 0.3) is 0 Å². The van der Waals surface area contributed by atoms with Gasteiger partial charge in [0.05, 0.1) is 10.0 Å². The predicted molar refractivity (Wildman–Crippen MR) is 82.2 cm³/mol. The first-order valence-corrected chi connectivity index (χ1v) is 7.43. The molecule has 0 bridgehead atoms. The number of aromatic nitrogens is 2. The molecule has 3 rings (SSSR count). The van der Waals surface area contributed by atoms with Crippen molar-refractivity contribution >= 4 is 23.2 Å². The summed E-state index contributed by atoms with van der Waals surface area (Å²) < 4.78 is 0. The molecule has 2 aromatic rings. The average molecular weight is 308 g/mol. The van der Waals surface area contributed by atoms with E-state index in [1.807, 2.05) is 25.4 Å². The van der Waals surface area contributed by atoms with Gasteiger partial charge in [0.2, 0.25) is 0 Å². The summed E-state index contributed by atoms with van der Waals surface area (Å²) in [6.07, 6.45) is 5.22. The molecule has 1 unspecified atom stereocenters. The topological polar surface area (TPSA) is 37.8 Å². The van der Waals surface area contributed by atoms with Gasteiger partial charge in [-0.3, -0.25) is 0 Å². The number of halogens is 2. The third-order valence-electron chi connectivity index (χ3n) is 3.71. The van der Waals surface area contributed by atoms with Crippen molar-refractivity contribution in [2.24, 2.45) is 0 Å². The maximum absolute atomic E-state index is 6.06. The molecule has 0 saturated heterocycles. The fourth-order valence-electron chi connectivity index (χ4n) is 2.62. The Morgan fingerprint density at radius 2 is 2.10 bits per heavy atom. The lowest BCUT2D eigenvalue weighted by Crippen LogP contribution is -2.22. The number of fused-ring (bicyclic) bond motifs is 1. The molecule has 0 spiro atoms. The van der Waals surface area contributed by atoms with Crippen molar-refractivity contribution in [1.29, 1.82) is 0 Å². The first-order chi connectivity index (χ1) is 9.69. The van der Waals surface area contributed by atoms with Crippen molar-refractivity contribution in [1.82, 2.24) is 15.3 Å². The molecule has 3 nitrogen and oxygen atoms in total. The highest BCUT2D eigenvalue weighted by Crippen LogP contribution is 2.31. The normalized spacial score (nSPS) is 17.9. The van der Waals surface area contributed by atoms with E-state index in [9.17, 15) is 0 Å². The van der Waals surface area contributed by atoms with Crippen molar-refractivity contribution in [2.45, 2.75) is 25.3 Å². The van der Waals surface area contributed by atoms with Crippen molar-refractivity contribution in [3.8, 4) is 11.4 Å². The molecule has 1 aromatic heterocycles. The molecule has 1 aliphatic rings. The van der Waals surface area contributed by atoms with Gasteiger partial charge < -0.3 is 5.32 Å². The quantitative estimate of drug-likeness (QED) is 0.909. The first-order valence-electron chi connectivity index (χ1n) is 6.67. The van der Waals surface area contributed by atoms with Crippen LogP contribution in [0.4, 0.5) is 0 Å². The average Bonchev–Trinajstić information content (AvgIpc) is 2.48. The lowest BCUT2D eigenvalue weighted by molar-refractivity contribution is 0.488. The van der Waals surface area contributed by atoms with E-state index in [2.05, 4.69) is 10.3 Å². The summed E-state index contributed by atoms with van der Waals surface area (Å²) in [5.74, 6) is 0.707. The summed E-state index contributed by atoms with van der Waals surface area (Å²) in [6.45, 7) is 0. The zero-order valence-electron chi connectivity index (χ0n) is 11.2. The van der Waals surface area contributed by atoms with Crippen LogP contribution in [-0.4, -0.2) is 17.0 Å². The number of aryl methyl sites for hydroxylation is 1. The molecule has 0 aliphatic heterocycles. The number of nitrogens with zero attached hydrogens (tertiary/aromatic N) is 2. The Bertz CT molecular complexity index is 643. The summed E-state index contributed by atoms with van der Waals surface area (Å²) in [5, 5.41) is 4.39. The van der Waals surface area contributed by atoms with Gasteiger partial charge in [-0.2, -0.15) is 0 Å². The van der Waals surface area contributed by atoms with E-state index in [4.69, 9.17) is 28.2 Å². The summed E-state index contributed by atoms with van der Waals surface area (Å²) in [7, 11) is 1.98. The standard InChI is InChI=1S/C15H15Cl2N3/c1-18-13-3-2-4-14-10(13)8-19-15(20-14)9-5-6-11(16)12(17)7-9/h5-8,13,18H,2-4H2,1H3. The van der Waals surface area contributed by atoms with Gasteiger partial charge in [0, 0.05) is 29.1 Å². The second-order valence-electron chi connectivity index (χ2n) is 4.96. The van der Waals surface area contributed by atoms with Gasteiger partial charge in [-0.15, -0.1) is 0 Å².